The Hall–Kier alpha value is -1.41. The van der Waals surface area contributed by atoms with Gasteiger partial charge in [-0.05, 0) is 48.7 Å². The van der Waals surface area contributed by atoms with Crippen LogP contribution in [0.25, 0.3) is 17.2 Å². The Labute approximate surface area is 261 Å². The number of benzene rings is 2. The van der Waals surface area contributed by atoms with E-state index in [1.54, 1.807) is 41.0 Å². The number of nitrogens with zero attached hydrogens (tertiary/aromatic N) is 2. The molecule has 4 rings (SSSR count). The molecule has 1 aliphatic heterocycles. The number of allylic oxidation sites excluding steroid dienone is 2. The minimum atomic E-state index is -4.36. The number of halogens is 2. The van der Waals surface area contributed by atoms with Gasteiger partial charge in [0.2, 0.25) is 11.5 Å². The summed E-state index contributed by atoms with van der Waals surface area (Å²) in [7, 11) is -4.36. The molecule has 0 saturated heterocycles. The second-order valence-electron chi connectivity index (χ2n) is 8.60. The van der Waals surface area contributed by atoms with Crippen molar-refractivity contribution in [2.24, 2.45) is 0 Å². The van der Waals surface area contributed by atoms with E-state index < -0.39 is 27.0 Å². The Bertz CT molecular complexity index is 1540. The molecule has 1 atom stereocenters. The molecule has 0 fully saturated rings. The summed E-state index contributed by atoms with van der Waals surface area (Å²) in [5, 5.41) is 1.02. The number of hydrogen-bond donors (Lipinski definition) is 0. The third kappa shape index (κ3) is 8.54. The molecule has 2 aromatic carbocycles. The maximum Gasteiger partial charge on any atom is 1.00 e. The molecule has 9 nitrogen and oxygen atoms in total. The molecule has 0 bridgehead atoms. The minimum absolute atomic E-state index is 0. The predicted octanol–water partition coefficient (Wildman–Crippen LogP) is 1.77. The average Bonchev–Trinajstić information content (AvgIpc) is 3.34. The van der Waals surface area contributed by atoms with Gasteiger partial charge in [0.15, 0.2) is 12.3 Å². The average molecular weight is 624 g/mol. The van der Waals surface area contributed by atoms with Gasteiger partial charge in [0.25, 0.3) is 5.52 Å². The van der Waals surface area contributed by atoms with Gasteiger partial charge < -0.3 is 23.2 Å². The molecule has 0 radical (unpaired) electrons. The van der Waals surface area contributed by atoms with Crippen LogP contribution in [0.5, 0.6) is 5.75 Å². The van der Waals surface area contributed by atoms with Crippen LogP contribution < -0.4 is 43.8 Å². The van der Waals surface area contributed by atoms with Crippen molar-refractivity contribution >= 4 is 67.3 Å². The van der Waals surface area contributed by atoms with E-state index in [1.807, 2.05) is 24.0 Å². The van der Waals surface area contributed by atoms with Crippen LogP contribution in [0.15, 0.2) is 58.3 Å². The molecule has 204 valence electrons. The van der Waals surface area contributed by atoms with Gasteiger partial charge in [-0.3, -0.25) is 4.21 Å². The number of anilines is 1. The molecule has 14 heteroatoms. The van der Waals surface area contributed by atoms with Gasteiger partial charge in [-0.2, -0.15) is 4.57 Å². The third-order valence-corrected chi connectivity index (χ3v) is 7.76. The fraction of sp³-hybridized carbons (Fsp3) is 0.320. The number of ether oxygens (including phenoxy) is 1. The third-order valence-electron chi connectivity index (χ3n) is 5.88. The summed E-state index contributed by atoms with van der Waals surface area (Å²) in [5.74, 6) is 1.07. The van der Waals surface area contributed by atoms with Crippen LogP contribution in [0.1, 0.15) is 32.1 Å². The van der Waals surface area contributed by atoms with E-state index in [0.29, 0.717) is 58.1 Å². The predicted molar refractivity (Wildman–Crippen MR) is 145 cm³/mol. The van der Waals surface area contributed by atoms with Crippen molar-refractivity contribution in [2.45, 2.75) is 32.7 Å². The van der Waals surface area contributed by atoms with Crippen molar-refractivity contribution in [3.63, 3.8) is 0 Å². The second-order valence-corrected chi connectivity index (χ2v) is 12.0. The van der Waals surface area contributed by atoms with Crippen LogP contribution >= 0.6 is 23.2 Å². The second kappa shape index (κ2) is 14.0. The van der Waals surface area contributed by atoms with Gasteiger partial charge in [0, 0.05) is 46.7 Å². The summed E-state index contributed by atoms with van der Waals surface area (Å²) in [5.41, 5.74) is 2.79. The standard InChI is InChI=1S/C25H26Cl2N2O7S2.Na/c1-2-17(13-24-28(9-3-11-37(30)31)20-15-18(26)5-7-22(20)35-24)14-25-29(10-4-12-38(32,33)34)21-16-19(27)6-8-23(21)36-25;/h5-8,13-16H,2-4,9-12H2,1H3,(H-,30,31,32,33,34);/q;+1/p-1. The summed E-state index contributed by atoms with van der Waals surface area (Å²) in [6.07, 6.45) is 4.75. The maximum atomic E-state index is 11.1. The summed E-state index contributed by atoms with van der Waals surface area (Å²) in [4.78, 5) is 1.88. The van der Waals surface area contributed by atoms with Crippen LogP contribution in [-0.2, 0) is 27.7 Å². The Morgan fingerprint density at radius 1 is 1.15 bits per heavy atom. The number of rotatable bonds is 11. The fourth-order valence-electron chi connectivity index (χ4n) is 4.13. The molecule has 0 N–H and O–H groups in total. The zero-order valence-corrected chi connectivity index (χ0v) is 26.5. The summed E-state index contributed by atoms with van der Waals surface area (Å²) in [6.45, 7) is 2.59. The first-order valence-electron chi connectivity index (χ1n) is 11.8. The Kier molecular flexibility index (Phi) is 11.5. The topological polar surface area (TPSA) is 127 Å². The maximum absolute atomic E-state index is 11.1. The van der Waals surface area contributed by atoms with E-state index in [9.17, 15) is 21.7 Å². The number of hydrogen-bond acceptors (Lipinski definition) is 8. The fourth-order valence-corrected chi connectivity index (χ4v) is 5.31. The number of aryl methyl sites for hydroxylation is 1. The SMILES string of the molecule is CCC(=C/c1oc2ccc(Cl)cc2[n+]1CCCS(=O)(=O)[O-])/C=C1/Oc2ccc(Cl)cc2N1CCCS(=O)[O-].[Na+]. The van der Waals surface area contributed by atoms with Crippen molar-refractivity contribution in [3.8, 4) is 5.75 Å². The van der Waals surface area contributed by atoms with E-state index in [0.717, 1.165) is 11.3 Å². The van der Waals surface area contributed by atoms with Crippen LogP contribution in [0.4, 0.5) is 5.69 Å². The van der Waals surface area contributed by atoms with Crippen LogP contribution in [-0.4, -0.2) is 39.8 Å². The zero-order valence-electron chi connectivity index (χ0n) is 21.4. The van der Waals surface area contributed by atoms with Crippen molar-refractivity contribution in [1.29, 1.82) is 0 Å². The monoisotopic (exact) mass is 622 g/mol. The van der Waals surface area contributed by atoms with E-state index in [2.05, 4.69) is 0 Å². The van der Waals surface area contributed by atoms with E-state index in [4.69, 9.17) is 32.4 Å². The molecule has 2 heterocycles. The molecule has 1 unspecified atom stereocenters. The summed E-state index contributed by atoms with van der Waals surface area (Å²) < 4.78 is 69.5. The van der Waals surface area contributed by atoms with Crippen LogP contribution in [0, 0.1) is 0 Å². The van der Waals surface area contributed by atoms with Gasteiger partial charge >= 0.3 is 35.4 Å². The van der Waals surface area contributed by atoms with Gasteiger partial charge in [0.1, 0.15) is 0 Å². The minimum Gasteiger partial charge on any atom is -0.772 e. The van der Waals surface area contributed by atoms with Gasteiger partial charge in [0.05, 0.1) is 21.9 Å². The van der Waals surface area contributed by atoms with E-state index in [-0.39, 0.29) is 48.3 Å². The molecular formula is C25H25Cl2N2NaO7S2. The number of fused-ring (bicyclic) bond motifs is 2. The first-order valence-corrected chi connectivity index (χ1v) is 15.4. The molecule has 0 aliphatic carbocycles. The molecule has 1 aromatic heterocycles. The van der Waals surface area contributed by atoms with Gasteiger partial charge in [-0.1, -0.05) is 41.2 Å². The van der Waals surface area contributed by atoms with Crippen LogP contribution in [0.3, 0.4) is 0 Å². The molecule has 0 saturated carbocycles. The number of aromatic nitrogens is 1. The molecule has 3 aromatic rings. The molecular weight excluding hydrogens is 598 g/mol. The normalized spacial score (nSPS) is 15.4. The van der Waals surface area contributed by atoms with Crippen molar-refractivity contribution in [3.05, 3.63) is 69.9 Å². The van der Waals surface area contributed by atoms with Crippen molar-refractivity contribution in [1.82, 2.24) is 0 Å². The number of oxazole rings is 1. The summed E-state index contributed by atoms with van der Waals surface area (Å²) in [6, 6.07) is 10.4. The Balaban J connectivity index is 0.00000420. The Morgan fingerprint density at radius 3 is 2.56 bits per heavy atom. The van der Waals surface area contributed by atoms with Crippen molar-refractivity contribution < 1.29 is 65.0 Å². The van der Waals surface area contributed by atoms with Crippen LogP contribution in [0.2, 0.25) is 10.0 Å². The summed E-state index contributed by atoms with van der Waals surface area (Å²) >= 11 is 10.2. The first-order chi connectivity index (χ1) is 18.0. The molecule has 0 amide bonds. The zero-order chi connectivity index (χ0) is 27.4. The van der Waals surface area contributed by atoms with Gasteiger partial charge in [-0.25, -0.2) is 8.42 Å². The quantitative estimate of drug-likeness (QED) is 0.137. The van der Waals surface area contributed by atoms with Gasteiger partial charge in [-0.15, -0.1) is 0 Å². The first kappa shape index (κ1) is 32.1. The van der Waals surface area contributed by atoms with Crippen molar-refractivity contribution in [2.75, 3.05) is 23.0 Å². The van der Waals surface area contributed by atoms with E-state index in [1.165, 1.54) is 0 Å². The van der Waals surface area contributed by atoms with E-state index >= 15 is 0 Å². The largest absolute Gasteiger partial charge is 1.00 e. The smallest absolute Gasteiger partial charge is 0.772 e. The Morgan fingerprint density at radius 2 is 1.87 bits per heavy atom. The molecule has 39 heavy (non-hydrogen) atoms. The molecule has 0 spiro atoms. The molecule has 1 aliphatic rings.